The van der Waals surface area contributed by atoms with Crippen LogP contribution in [-0.4, -0.2) is 40.9 Å². The molecule has 37 heavy (non-hydrogen) atoms. The van der Waals surface area contributed by atoms with E-state index in [-0.39, 0.29) is 34.9 Å². The van der Waals surface area contributed by atoms with E-state index in [0.29, 0.717) is 30.5 Å². The van der Waals surface area contributed by atoms with Gasteiger partial charge < -0.3 is 14.5 Å². The van der Waals surface area contributed by atoms with Crippen molar-refractivity contribution in [3.8, 4) is 0 Å². The molecular formula is C28H32N4O5. The minimum Gasteiger partial charge on any atom is -0.469 e. The van der Waals surface area contributed by atoms with Gasteiger partial charge in [0.25, 0.3) is 5.91 Å². The van der Waals surface area contributed by atoms with Crippen molar-refractivity contribution in [2.75, 3.05) is 12.0 Å². The molecule has 2 heterocycles. The lowest BCUT2D eigenvalue weighted by Gasteiger charge is -2.32. The van der Waals surface area contributed by atoms with Crippen LogP contribution in [0.1, 0.15) is 67.7 Å². The highest BCUT2D eigenvalue weighted by molar-refractivity contribution is 6.09. The van der Waals surface area contributed by atoms with Crippen LogP contribution >= 0.6 is 0 Å². The second-order valence-corrected chi connectivity index (χ2v) is 10.3. The number of aromatic nitrogens is 2. The fraction of sp³-hybridized carbons (Fsp3) is 0.393. The molecule has 1 saturated carbocycles. The molecule has 0 saturated heterocycles. The predicted molar refractivity (Wildman–Crippen MR) is 137 cm³/mol. The molecule has 3 atom stereocenters. The number of carbonyl (C=O) groups excluding carboxylic acids is 3. The molecule has 1 aliphatic rings. The fourth-order valence-electron chi connectivity index (χ4n) is 4.68. The first-order valence-corrected chi connectivity index (χ1v) is 12.3. The Kier molecular flexibility index (Phi) is 7.71. The average molecular weight is 505 g/mol. The van der Waals surface area contributed by atoms with E-state index in [9.17, 15) is 14.4 Å². The van der Waals surface area contributed by atoms with Crippen molar-refractivity contribution >= 4 is 23.5 Å². The molecule has 0 radical (unpaired) electrons. The summed E-state index contributed by atoms with van der Waals surface area (Å²) in [7, 11) is 1.37. The van der Waals surface area contributed by atoms with Crippen molar-refractivity contribution in [3.05, 3.63) is 78.3 Å². The van der Waals surface area contributed by atoms with E-state index in [1.54, 1.807) is 24.5 Å². The van der Waals surface area contributed by atoms with E-state index < -0.39 is 11.9 Å². The number of nitrogens with zero attached hydrogens (tertiary/aromatic N) is 3. The Morgan fingerprint density at radius 3 is 2.49 bits per heavy atom. The third-order valence-electron chi connectivity index (χ3n) is 6.70. The maximum atomic E-state index is 13.9. The first-order valence-electron chi connectivity index (χ1n) is 12.3. The van der Waals surface area contributed by atoms with Crippen molar-refractivity contribution in [3.63, 3.8) is 0 Å². The summed E-state index contributed by atoms with van der Waals surface area (Å²) < 4.78 is 9.95. The smallest absolute Gasteiger partial charge is 0.308 e. The molecule has 4 rings (SSSR count). The maximum Gasteiger partial charge on any atom is 0.308 e. The molecule has 0 aliphatic heterocycles. The zero-order chi connectivity index (χ0) is 26.6. The van der Waals surface area contributed by atoms with Gasteiger partial charge in [0.1, 0.15) is 12.3 Å². The molecule has 1 unspecified atom stereocenters. The van der Waals surface area contributed by atoms with Gasteiger partial charge in [-0.3, -0.25) is 24.3 Å². The molecular weight excluding hydrogens is 472 g/mol. The van der Waals surface area contributed by atoms with Crippen LogP contribution in [0.4, 0.5) is 5.69 Å². The molecule has 1 fully saturated rings. The highest BCUT2D eigenvalue weighted by Gasteiger charge is 2.38. The summed E-state index contributed by atoms with van der Waals surface area (Å²) in [5.41, 5.74) is 2.15. The molecule has 194 valence electrons. The van der Waals surface area contributed by atoms with Gasteiger partial charge in [-0.25, -0.2) is 4.98 Å². The van der Waals surface area contributed by atoms with Crippen molar-refractivity contribution in [2.24, 2.45) is 5.92 Å². The Morgan fingerprint density at radius 2 is 1.89 bits per heavy atom. The second kappa shape index (κ2) is 10.9. The predicted octanol–water partition coefficient (Wildman–Crippen LogP) is 4.21. The van der Waals surface area contributed by atoms with Gasteiger partial charge in [0.15, 0.2) is 12.1 Å². The van der Waals surface area contributed by atoms with Crippen molar-refractivity contribution in [2.45, 2.75) is 57.5 Å². The summed E-state index contributed by atoms with van der Waals surface area (Å²) in [4.78, 5) is 49.3. The molecule has 0 bridgehead atoms. The number of nitrogens with one attached hydrogen (secondary N) is 1. The van der Waals surface area contributed by atoms with Crippen LogP contribution in [0, 0.1) is 5.92 Å². The molecule has 2 aromatic heterocycles. The lowest BCUT2D eigenvalue weighted by Crippen LogP contribution is -2.46. The van der Waals surface area contributed by atoms with Gasteiger partial charge in [-0.2, -0.15) is 0 Å². The summed E-state index contributed by atoms with van der Waals surface area (Å²) in [6, 6.07) is 9.80. The number of hydrogen-bond donors (Lipinski definition) is 1. The van der Waals surface area contributed by atoms with Crippen molar-refractivity contribution < 1.29 is 23.5 Å². The minimum atomic E-state index is -1.03. The van der Waals surface area contributed by atoms with E-state index in [2.05, 4.69) is 36.1 Å². The molecule has 1 aliphatic carbocycles. The number of anilines is 1. The fourth-order valence-corrected chi connectivity index (χ4v) is 4.68. The van der Waals surface area contributed by atoms with Crippen molar-refractivity contribution in [1.82, 2.24) is 15.3 Å². The van der Waals surface area contributed by atoms with Gasteiger partial charge >= 0.3 is 5.97 Å². The number of amides is 2. The largest absolute Gasteiger partial charge is 0.469 e. The second-order valence-electron chi connectivity index (χ2n) is 10.3. The number of esters is 1. The first-order chi connectivity index (χ1) is 17.7. The van der Waals surface area contributed by atoms with Crippen LogP contribution in [0.2, 0.25) is 0 Å². The molecule has 2 amide bonds. The van der Waals surface area contributed by atoms with E-state index >= 15 is 0 Å². The van der Waals surface area contributed by atoms with Crippen LogP contribution in [0.25, 0.3) is 0 Å². The zero-order valence-corrected chi connectivity index (χ0v) is 21.5. The van der Waals surface area contributed by atoms with Crippen LogP contribution in [-0.2, 0) is 19.7 Å². The zero-order valence-electron chi connectivity index (χ0n) is 21.5. The highest BCUT2D eigenvalue weighted by atomic mass is 16.5. The lowest BCUT2D eigenvalue weighted by molar-refractivity contribution is -0.145. The number of methoxy groups -OCH3 is 1. The van der Waals surface area contributed by atoms with E-state index in [1.165, 1.54) is 24.7 Å². The lowest BCUT2D eigenvalue weighted by atomic mass is 9.87. The summed E-state index contributed by atoms with van der Waals surface area (Å²) in [5.74, 6) is -1.40. The van der Waals surface area contributed by atoms with Crippen molar-refractivity contribution in [1.29, 1.82) is 0 Å². The summed E-state index contributed by atoms with van der Waals surface area (Å²) >= 11 is 0. The third-order valence-corrected chi connectivity index (χ3v) is 6.70. The number of oxazole rings is 1. The summed E-state index contributed by atoms with van der Waals surface area (Å²) in [6.45, 7) is 6.32. The number of ether oxygens (including phenoxy) is 1. The van der Waals surface area contributed by atoms with E-state index in [4.69, 9.17) is 9.15 Å². The Bertz CT molecular complexity index is 1220. The monoisotopic (exact) mass is 504 g/mol. The number of pyridine rings is 1. The third kappa shape index (κ3) is 5.87. The number of carbonyl (C=O) groups is 3. The molecule has 1 N–H and O–H groups in total. The van der Waals surface area contributed by atoms with Gasteiger partial charge in [0, 0.05) is 29.7 Å². The van der Waals surface area contributed by atoms with E-state index in [1.807, 2.05) is 24.3 Å². The van der Waals surface area contributed by atoms with Crippen LogP contribution in [0.15, 0.2) is 65.9 Å². The van der Waals surface area contributed by atoms with E-state index in [0.717, 1.165) is 5.56 Å². The molecule has 9 heteroatoms. The SMILES string of the molecule is COC(=O)[C@@H]1CC[C@H](NC(=O)C(c2cccnc2)N(C(=O)c2cocn2)c2ccc(C(C)(C)C)cc2)C1. The summed E-state index contributed by atoms with van der Waals surface area (Å²) in [6.07, 6.45) is 7.37. The highest BCUT2D eigenvalue weighted by Crippen LogP contribution is 2.33. The first kappa shape index (κ1) is 26.1. The number of benzene rings is 1. The summed E-state index contributed by atoms with van der Waals surface area (Å²) in [5, 5.41) is 3.06. The standard InChI is InChI=1S/C28H32N4O5/c1-28(2,3)20-8-11-22(12-9-20)32(26(34)23-16-37-17-30-23)24(19-6-5-13-29-15-19)25(33)31-21-10-7-18(14-21)27(35)36-4/h5-6,8-9,11-13,15-18,21,24H,7,10,14H2,1-4H3,(H,31,33)/t18-,21+,24?/m1/s1. The van der Waals surface area contributed by atoms with Gasteiger partial charge in [-0.1, -0.05) is 39.0 Å². The van der Waals surface area contributed by atoms with Gasteiger partial charge in [0.2, 0.25) is 5.91 Å². The Labute approximate surface area is 216 Å². The molecule has 0 spiro atoms. The number of rotatable bonds is 7. The minimum absolute atomic E-state index is 0.0770. The topological polar surface area (TPSA) is 115 Å². The van der Waals surface area contributed by atoms with Crippen LogP contribution in [0.3, 0.4) is 0 Å². The molecule has 1 aromatic carbocycles. The van der Waals surface area contributed by atoms with Gasteiger partial charge in [-0.15, -0.1) is 0 Å². The van der Waals surface area contributed by atoms with Crippen LogP contribution in [0.5, 0.6) is 0 Å². The molecule has 9 nitrogen and oxygen atoms in total. The maximum absolute atomic E-state index is 13.9. The molecule has 3 aromatic rings. The van der Waals surface area contributed by atoms with Crippen LogP contribution < -0.4 is 10.2 Å². The normalized spacial score (nSPS) is 18.2. The Balaban J connectivity index is 1.72. The Morgan fingerprint density at radius 1 is 1.14 bits per heavy atom. The van der Waals surface area contributed by atoms with Gasteiger partial charge in [-0.05, 0) is 48.4 Å². The quantitative estimate of drug-likeness (QED) is 0.479. The Hall–Kier alpha value is -4.01. The number of hydrogen-bond acceptors (Lipinski definition) is 7. The van der Waals surface area contributed by atoms with Gasteiger partial charge in [0.05, 0.1) is 13.0 Å². The average Bonchev–Trinajstić information content (AvgIpc) is 3.59.